The molecule has 0 atom stereocenters. The zero-order valence-electron chi connectivity index (χ0n) is 21.0. The van der Waals surface area contributed by atoms with Crippen molar-refractivity contribution in [2.75, 3.05) is 53.4 Å². The average Bonchev–Trinajstić information content (AvgIpc) is 3.11. The van der Waals surface area contributed by atoms with Crippen LogP contribution < -0.4 is 5.32 Å². The van der Waals surface area contributed by atoms with Crippen LogP contribution in [0.4, 0.5) is 17.6 Å². The summed E-state index contributed by atoms with van der Waals surface area (Å²) < 4.78 is 53.7. The van der Waals surface area contributed by atoms with Gasteiger partial charge in [0.1, 0.15) is 5.82 Å². The fraction of sp³-hybridized carbons (Fsp3) is 0.520. The zero-order valence-corrected chi connectivity index (χ0v) is 21.8. The first-order chi connectivity index (χ1) is 16.9. The summed E-state index contributed by atoms with van der Waals surface area (Å²) in [5.41, 5.74) is -1.16. The molecule has 0 saturated carbocycles. The number of amides is 2. The maximum Gasteiger partial charge on any atom is 0.419 e. The van der Waals surface area contributed by atoms with Crippen LogP contribution in [0, 0.1) is 19.7 Å². The van der Waals surface area contributed by atoms with Crippen molar-refractivity contribution in [3.63, 3.8) is 0 Å². The maximum atomic E-state index is 14.5. The number of hydrogen-bond acceptors (Lipinski definition) is 5. The first-order valence-corrected chi connectivity index (χ1v) is 12.6. The maximum absolute atomic E-state index is 14.5. The normalized spacial score (nSPS) is 15.2. The molecule has 2 heterocycles. The Balaban J connectivity index is 1.67. The van der Waals surface area contributed by atoms with Crippen molar-refractivity contribution in [1.29, 1.82) is 0 Å². The second kappa shape index (κ2) is 11.7. The number of carbonyl (C=O) groups is 2. The van der Waals surface area contributed by atoms with Gasteiger partial charge in [-0.25, -0.2) is 4.39 Å². The van der Waals surface area contributed by atoms with Crippen molar-refractivity contribution in [3.8, 4) is 0 Å². The van der Waals surface area contributed by atoms with Gasteiger partial charge in [0.2, 0.25) is 0 Å². The number of nitrogens with one attached hydrogen (secondary N) is 1. The summed E-state index contributed by atoms with van der Waals surface area (Å²) in [7, 11) is 3.47. The highest BCUT2D eigenvalue weighted by Gasteiger charge is 2.35. The summed E-state index contributed by atoms with van der Waals surface area (Å²) in [5, 5.41) is 2.89. The van der Waals surface area contributed by atoms with Gasteiger partial charge in [-0.15, -0.1) is 11.3 Å². The van der Waals surface area contributed by atoms with E-state index in [1.165, 1.54) is 24.5 Å². The van der Waals surface area contributed by atoms with Crippen LogP contribution in [0.25, 0.3) is 0 Å². The topological polar surface area (TPSA) is 55.9 Å². The molecule has 3 rings (SSSR count). The van der Waals surface area contributed by atoms with Crippen LogP contribution in [-0.2, 0) is 12.7 Å². The molecule has 1 fully saturated rings. The summed E-state index contributed by atoms with van der Waals surface area (Å²) in [6.45, 7) is 8.44. The van der Waals surface area contributed by atoms with Crippen LogP contribution in [0.5, 0.6) is 0 Å². The highest BCUT2D eigenvalue weighted by atomic mass is 32.1. The summed E-state index contributed by atoms with van der Waals surface area (Å²) in [6, 6.07) is 2.99. The van der Waals surface area contributed by atoms with Gasteiger partial charge in [0.05, 0.1) is 16.7 Å². The van der Waals surface area contributed by atoms with E-state index in [-0.39, 0.29) is 29.1 Å². The minimum Gasteiger partial charge on any atom is -0.352 e. The average molecular weight is 529 g/mol. The van der Waals surface area contributed by atoms with E-state index >= 15 is 0 Å². The molecule has 1 N–H and O–H groups in total. The Bertz CT molecular complexity index is 1090. The monoisotopic (exact) mass is 528 g/mol. The van der Waals surface area contributed by atoms with Crippen LogP contribution in [0.2, 0.25) is 0 Å². The smallest absolute Gasteiger partial charge is 0.352 e. The lowest BCUT2D eigenvalue weighted by Gasteiger charge is -2.32. The van der Waals surface area contributed by atoms with Crippen molar-refractivity contribution < 1.29 is 27.2 Å². The van der Waals surface area contributed by atoms with Crippen LogP contribution in [-0.4, -0.2) is 79.9 Å². The van der Waals surface area contributed by atoms with Crippen molar-refractivity contribution >= 4 is 23.2 Å². The van der Waals surface area contributed by atoms with Gasteiger partial charge in [-0.1, -0.05) is 12.1 Å². The third kappa shape index (κ3) is 6.63. The molecule has 2 amide bonds. The van der Waals surface area contributed by atoms with E-state index in [4.69, 9.17) is 0 Å². The number of alkyl halides is 3. The van der Waals surface area contributed by atoms with Gasteiger partial charge < -0.3 is 20.0 Å². The lowest BCUT2D eigenvalue weighted by atomic mass is 10.1. The molecule has 198 valence electrons. The first-order valence-electron chi connectivity index (χ1n) is 11.8. The first kappa shape index (κ1) is 28.1. The minimum atomic E-state index is -4.83. The SMILES string of the molecule is Cc1sc(C)c(C(=O)N(C)Cc2cccc(C(F)(F)F)c2F)c1C(=O)NCCCN1CCN(C)CC1. The third-order valence-electron chi connectivity index (χ3n) is 6.37. The van der Waals surface area contributed by atoms with E-state index in [9.17, 15) is 27.2 Å². The van der Waals surface area contributed by atoms with Gasteiger partial charge in [-0.2, -0.15) is 13.2 Å². The Hall–Kier alpha value is -2.50. The van der Waals surface area contributed by atoms with Gasteiger partial charge in [0, 0.05) is 61.6 Å². The highest BCUT2D eigenvalue weighted by molar-refractivity contribution is 7.12. The van der Waals surface area contributed by atoms with Crippen LogP contribution in [0.15, 0.2) is 18.2 Å². The second-order valence-electron chi connectivity index (χ2n) is 9.16. The van der Waals surface area contributed by atoms with Crippen molar-refractivity contribution in [3.05, 3.63) is 56.0 Å². The van der Waals surface area contributed by atoms with Crippen molar-refractivity contribution in [2.24, 2.45) is 0 Å². The van der Waals surface area contributed by atoms with Crippen molar-refractivity contribution in [2.45, 2.75) is 33.0 Å². The van der Waals surface area contributed by atoms with E-state index in [1.54, 1.807) is 13.8 Å². The Morgan fingerprint density at radius 2 is 1.72 bits per heavy atom. The van der Waals surface area contributed by atoms with Gasteiger partial charge in [-0.05, 0) is 39.9 Å². The minimum absolute atomic E-state index is 0.198. The number of likely N-dealkylation sites (N-methyl/N-ethyl adjacent to an activating group) is 1. The molecule has 0 aliphatic carbocycles. The van der Waals surface area contributed by atoms with Gasteiger partial charge in [-0.3, -0.25) is 9.59 Å². The molecule has 0 unspecified atom stereocenters. The highest BCUT2D eigenvalue weighted by Crippen LogP contribution is 2.33. The van der Waals surface area contributed by atoms with E-state index in [0.717, 1.165) is 50.1 Å². The standard InChI is InChI=1S/C25H32F4N4O2S/c1-16-20(23(34)30-9-6-10-33-13-11-31(3)12-14-33)21(17(2)36-16)24(35)32(4)15-18-7-5-8-19(22(18)26)25(27,28)29/h5,7-8H,6,9-15H2,1-4H3,(H,30,34). The number of piperazine rings is 1. The van der Waals surface area contributed by atoms with E-state index < -0.39 is 23.5 Å². The number of hydrogen-bond donors (Lipinski definition) is 1. The Morgan fingerprint density at radius 1 is 1.08 bits per heavy atom. The molecule has 0 spiro atoms. The van der Waals surface area contributed by atoms with Crippen LogP contribution >= 0.6 is 11.3 Å². The number of aryl methyl sites for hydroxylation is 2. The number of halogens is 4. The fourth-order valence-corrected chi connectivity index (χ4v) is 5.37. The molecule has 1 aliphatic rings. The summed E-state index contributed by atoms with van der Waals surface area (Å²) >= 11 is 1.30. The molecule has 1 aromatic heterocycles. The van der Waals surface area contributed by atoms with Crippen LogP contribution in [0.1, 0.15) is 48.0 Å². The van der Waals surface area contributed by atoms with Crippen LogP contribution in [0.3, 0.4) is 0 Å². The molecule has 1 saturated heterocycles. The van der Waals surface area contributed by atoms with Gasteiger partial charge in [0.15, 0.2) is 0 Å². The quantitative estimate of drug-likeness (QED) is 0.413. The van der Waals surface area contributed by atoms with E-state index in [1.807, 2.05) is 0 Å². The number of rotatable bonds is 8. The number of nitrogens with zero attached hydrogens (tertiary/aromatic N) is 3. The largest absolute Gasteiger partial charge is 0.419 e. The molecule has 1 aliphatic heterocycles. The Morgan fingerprint density at radius 3 is 2.36 bits per heavy atom. The number of carbonyl (C=O) groups excluding carboxylic acids is 2. The lowest BCUT2D eigenvalue weighted by molar-refractivity contribution is -0.140. The van der Waals surface area contributed by atoms with E-state index in [2.05, 4.69) is 22.2 Å². The molecule has 1 aromatic carbocycles. The predicted molar refractivity (Wildman–Crippen MR) is 132 cm³/mol. The molecule has 2 aromatic rings. The fourth-order valence-electron chi connectivity index (χ4n) is 4.32. The molecular weight excluding hydrogens is 496 g/mol. The predicted octanol–water partition coefficient (Wildman–Crippen LogP) is 4.16. The lowest BCUT2D eigenvalue weighted by Crippen LogP contribution is -2.45. The van der Waals surface area contributed by atoms with E-state index in [0.29, 0.717) is 22.4 Å². The summed E-state index contributed by atoms with van der Waals surface area (Å²) in [5.74, 6) is -2.31. The molecule has 0 radical (unpaired) electrons. The van der Waals surface area contributed by atoms with Gasteiger partial charge >= 0.3 is 6.18 Å². The molecular formula is C25H32F4N4O2S. The molecule has 11 heteroatoms. The zero-order chi connectivity index (χ0) is 26.6. The van der Waals surface area contributed by atoms with Crippen molar-refractivity contribution in [1.82, 2.24) is 20.0 Å². The summed E-state index contributed by atoms with van der Waals surface area (Å²) in [4.78, 5) is 33.3. The Labute approximate surface area is 212 Å². The molecule has 36 heavy (non-hydrogen) atoms. The number of thiophene rings is 1. The third-order valence-corrected chi connectivity index (χ3v) is 7.39. The number of benzene rings is 1. The molecule has 6 nitrogen and oxygen atoms in total. The Kier molecular flexibility index (Phi) is 9.13. The van der Waals surface area contributed by atoms with Gasteiger partial charge in [0.25, 0.3) is 11.8 Å². The molecule has 0 bridgehead atoms. The summed E-state index contributed by atoms with van der Waals surface area (Å²) in [6.07, 6.45) is -4.06. The second-order valence-corrected chi connectivity index (χ2v) is 10.6.